The fourth-order valence-corrected chi connectivity index (χ4v) is 1.40. The molecule has 0 unspecified atom stereocenters. The Labute approximate surface area is 73.4 Å². The second-order valence-electron chi connectivity index (χ2n) is 4.22. The first-order chi connectivity index (χ1) is 5.43. The van der Waals surface area contributed by atoms with Gasteiger partial charge < -0.3 is 10.2 Å². The number of hydrogen-bond donors (Lipinski definition) is 1. The van der Waals surface area contributed by atoms with Crippen LogP contribution in [0.1, 0.15) is 20.8 Å². The lowest BCUT2D eigenvalue weighted by Crippen LogP contribution is -2.54. The van der Waals surface area contributed by atoms with Crippen LogP contribution in [0.15, 0.2) is 12.3 Å². The van der Waals surface area contributed by atoms with Gasteiger partial charge >= 0.3 is 0 Å². The smallest absolute Gasteiger partial charge is 0.249 e. The summed E-state index contributed by atoms with van der Waals surface area (Å²) in [5.41, 5.74) is 0.0647. The highest BCUT2D eigenvalue weighted by Gasteiger charge is 2.31. The van der Waals surface area contributed by atoms with Gasteiger partial charge in [-0.15, -0.1) is 0 Å². The summed E-state index contributed by atoms with van der Waals surface area (Å²) in [6.45, 7) is 6.31. The van der Waals surface area contributed by atoms with Gasteiger partial charge in [0.05, 0.1) is 0 Å². The normalized spacial score (nSPS) is 24.2. The number of carbonyl (C=O) groups is 1. The number of nitrogens with one attached hydrogen (secondary N) is 1. The Morgan fingerprint density at radius 2 is 2.08 bits per heavy atom. The van der Waals surface area contributed by atoms with E-state index in [1.807, 2.05) is 7.05 Å². The second-order valence-corrected chi connectivity index (χ2v) is 4.22. The summed E-state index contributed by atoms with van der Waals surface area (Å²) in [6, 6.07) is 0. The first kappa shape index (κ1) is 9.10. The summed E-state index contributed by atoms with van der Waals surface area (Å²) in [6.07, 6.45) is 3.36. The molecule has 0 fully saturated rings. The lowest BCUT2D eigenvalue weighted by molar-refractivity contribution is -0.130. The molecule has 3 heteroatoms. The summed E-state index contributed by atoms with van der Waals surface area (Å²) < 4.78 is 0. The Morgan fingerprint density at radius 1 is 1.50 bits per heavy atom. The Bertz CT molecular complexity index is 215. The molecule has 1 aliphatic rings. The predicted molar refractivity (Wildman–Crippen MR) is 48.3 cm³/mol. The number of carbonyl (C=O) groups excluding carboxylic acids is 1. The lowest BCUT2D eigenvalue weighted by Gasteiger charge is -2.39. The minimum Gasteiger partial charge on any atom is -0.371 e. The molecule has 0 saturated carbocycles. The van der Waals surface area contributed by atoms with Crippen LogP contribution < -0.4 is 5.32 Å². The van der Waals surface area contributed by atoms with Gasteiger partial charge in [-0.2, -0.15) is 0 Å². The third-order valence-corrected chi connectivity index (χ3v) is 2.04. The molecule has 0 saturated heterocycles. The summed E-state index contributed by atoms with van der Waals surface area (Å²) in [4.78, 5) is 13.0. The van der Waals surface area contributed by atoms with Crippen molar-refractivity contribution >= 4 is 5.91 Å². The highest BCUT2D eigenvalue weighted by molar-refractivity contribution is 5.88. The molecule has 0 aromatic carbocycles. The van der Waals surface area contributed by atoms with Crippen molar-refractivity contribution in [1.29, 1.82) is 0 Å². The largest absolute Gasteiger partial charge is 0.371 e. The average molecular weight is 168 g/mol. The van der Waals surface area contributed by atoms with Crippen molar-refractivity contribution in [3.8, 4) is 0 Å². The van der Waals surface area contributed by atoms with E-state index in [4.69, 9.17) is 0 Å². The molecule has 3 nitrogen and oxygen atoms in total. The highest BCUT2D eigenvalue weighted by atomic mass is 16.2. The molecule has 0 aliphatic carbocycles. The molecule has 1 rings (SSSR count). The van der Waals surface area contributed by atoms with Gasteiger partial charge in [-0.3, -0.25) is 4.79 Å². The standard InChI is InChI=1S/C9H16N2O/c1-9(2,3)8-10-6-5-7(12)11(8)4/h5-6,8,10H,1-4H3/t8-/m1/s1. The van der Waals surface area contributed by atoms with Crippen LogP contribution in [0.25, 0.3) is 0 Å². The number of rotatable bonds is 0. The van der Waals surface area contributed by atoms with Crippen LogP contribution in [0.4, 0.5) is 0 Å². The zero-order chi connectivity index (χ0) is 9.35. The number of nitrogens with zero attached hydrogens (tertiary/aromatic N) is 1. The lowest BCUT2D eigenvalue weighted by atomic mass is 9.91. The second kappa shape index (κ2) is 2.81. The van der Waals surface area contributed by atoms with E-state index in [1.165, 1.54) is 0 Å². The van der Waals surface area contributed by atoms with Gasteiger partial charge in [0.2, 0.25) is 5.91 Å². The van der Waals surface area contributed by atoms with Gasteiger partial charge in [-0.1, -0.05) is 20.8 Å². The van der Waals surface area contributed by atoms with E-state index in [0.717, 1.165) is 0 Å². The summed E-state index contributed by atoms with van der Waals surface area (Å²) in [7, 11) is 1.81. The Morgan fingerprint density at radius 3 is 2.50 bits per heavy atom. The number of likely N-dealkylation sites (N-methyl/N-ethyl adjacent to an activating group) is 1. The number of hydrogen-bond acceptors (Lipinski definition) is 2. The van der Waals surface area contributed by atoms with E-state index in [-0.39, 0.29) is 17.5 Å². The molecular formula is C9H16N2O. The summed E-state index contributed by atoms with van der Waals surface area (Å²) in [5, 5.41) is 3.16. The maximum absolute atomic E-state index is 11.3. The molecule has 1 amide bonds. The van der Waals surface area contributed by atoms with Gasteiger partial charge in [-0.05, 0) is 0 Å². The summed E-state index contributed by atoms with van der Waals surface area (Å²) >= 11 is 0. The molecular weight excluding hydrogens is 152 g/mol. The van der Waals surface area contributed by atoms with E-state index in [0.29, 0.717) is 0 Å². The molecule has 0 spiro atoms. The van der Waals surface area contributed by atoms with E-state index in [2.05, 4.69) is 26.1 Å². The molecule has 0 radical (unpaired) electrons. The quantitative estimate of drug-likeness (QED) is 0.583. The maximum Gasteiger partial charge on any atom is 0.249 e. The predicted octanol–water partition coefficient (Wildman–Crippen LogP) is 0.934. The molecule has 0 bridgehead atoms. The van der Waals surface area contributed by atoms with Crippen LogP contribution in [0.2, 0.25) is 0 Å². The molecule has 1 heterocycles. The van der Waals surface area contributed by atoms with Crippen molar-refractivity contribution in [3.05, 3.63) is 12.3 Å². The summed E-state index contributed by atoms with van der Waals surface area (Å²) in [5.74, 6) is 0.0636. The first-order valence-electron chi connectivity index (χ1n) is 4.12. The fourth-order valence-electron chi connectivity index (χ4n) is 1.40. The maximum atomic E-state index is 11.3. The Kier molecular flexibility index (Phi) is 2.13. The monoisotopic (exact) mass is 168 g/mol. The van der Waals surface area contributed by atoms with E-state index in [1.54, 1.807) is 17.2 Å². The zero-order valence-electron chi connectivity index (χ0n) is 8.09. The van der Waals surface area contributed by atoms with Crippen molar-refractivity contribution in [2.45, 2.75) is 26.9 Å². The third-order valence-electron chi connectivity index (χ3n) is 2.04. The van der Waals surface area contributed by atoms with Crippen molar-refractivity contribution in [2.24, 2.45) is 5.41 Å². The van der Waals surface area contributed by atoms with Crippen molar-refractivity contribution in [2.75, 3.05) is 7.05 Å². The van der Waals surface area contributed by atoms with Crippen LogP contribution in [-0.2, 0) is 4.79 Å². The van der Waals surface area contributed by atoms with Crippen molar-refractivity contribution in [1.82, 2.24) is 10.2 Å². The minimum atomic E-state index is 0.0636. The van der Waals surface area contributed by atoms with Gasteiger partial charge in [0.1, 0.15) is 6.17 Å². The van der Waals surface area contributed by atoms with Crippen molar-refractivity contribution in [3.63, 3.8) is 0 Å². The van der Waals surface area contributed by atoms with Crippen LogP contribution in [0.5, 0.6) is 0 Å². The third kappa shape index (κ3) is 1.60. The molecule has 1 atom stereocenters. The van der Waals surface area contributed by atoms with E-state index in [9.17, 15) is 4.79 Å². The van der Waals surface area contributed by atoms with Gasteiger partial charge in [0.25, 0.3) is 0 Å². The molecule has 1 aliphatic heterocycles. The SMILES string of the molecule is CN1C(=O)C=CN[C@H]1C(C)(C)C. The molecule has 12 heavy (non-hydrogen) atoms. The van der Waals surface area contributed by atoms with Gasteiger partial charge in [0.15, 0.2) is 0 Å². The van der Waals surface area contributed by atoms with Crippen LogP contribution in [-0.4, -0.2) is 24.0 Å². The Balaban J connectivity index is 2.81. The van der Waals surface area contributed by atoms with E-state index < -0.39 is 0 Å². The van der Waals surface area contributed by atoms with Crippen LogP contribution in [0.3, 0.4) is 0 Å². The minimum absolute atomic E-state index is 0.0636. The highest BCUT2D eigenvalue weighted by Crippen LogP contribution is 2.23. The molecule has 0 aromatic rings. The van der Waals surface area contributed by atoms with Gasteiger partial charge in [0, 0.05) is 24.7 Å². The Hall–Kier alpha value is -0.990. The van der Waals surface area contributed by atoms with Gasteiger partial charge in [-0.25, -0.2) is 0 Å². The van der Waals surface area contributed by atoms with Crippen LogP contribution >= 0.6 is 0 Å². The fraction of sp³-hybridized carbons (Fsp3) is 0.667. The molecule has 1 N–H and O–H groups in total. The zero-order valence-corrected chi connectivity index (χ0v) is 8.09. The topological polar surface area (TPSA) is 32.3 Å². The molecule has 0 aromatic heterocycles. The molecule has 68 valence electrons. The number of amides is 1. The van der Waals surface area contributed by atoms with E-state index >= 15 is 0 Å². The first-order valence-corrected chi connectivity index (χ1v) is 4.12. The van der Waals surface area contributed by atoms with Crippen LogP contribution in [0, 0.1) is 5.41 Å². The van der Waals surface area contributed by atoms with Crippen molar-refractivity contribution < 1.29 is 4.79 Å². The average Bonchev–Trinajstić information content (AvgIpc) is 1.92.